The number of amides is 4. The van der Waals surface area contributed by atoms with Crippen molar-refractivity contribution < 1.29 is 42.9 Å². The maximum atomic E-state index is 14.2. The summed E-state index contributed by atoms with van der Waals surface area (Å²) in [6.45, 7) is 13.5. The van der Waals surface area contributed by atoms with Crippen LogP contribution in [0.15, 0.2) is 12.1 Å². The molecule has 13 nitrogen and oxygen atoms in total. The third kappa shape index (κ3) is 7.80. The van der Waals surface area contributed by atoms with Crippen molar-refractivity contribution >= 4 is 35.7 Å². The number of nitrogens with one attached hydrogen (secondary N) is 1. The summed E-state index contributed by atoms with van der Waals surface area (Å²) in [5.74, 6) is 0.0440. The molecule has 3 aliphatic rings. The first-order chi connectivity index (χ1) is 21.3. The van der Waals surface area contributed by atoms with Crippen molar-refractivity contribution in [2.45, 2.75) is 111 Å². The van der Waals surface area contributed by atoms with E-state index in [0.717, 1.165) is 0 Å². The fraction of sp³-hybridized carbons (Fsp3) is 0.656. The van der Waals surface area contributed by atoms with Crippen LogP contribution in [0.25, 0.3) is 0 Å². The Labute approximate surface area is 264 Å². The van der Waals surface area contributed by atoms with Gasteiger partial charge in [-0.15, -0.1) is 0 Å². The van der Waals surface area contributed by atoms with E-state index in [4.69, 9.17) is 18.9 Å². The summed E-state index contributed by atoms with van der Waals surface area (Å²) in [4.78, 5) is 69.2. The molecule has 2 heterocycles. The van der Waals surface area contributed by atoms with Crippen LogP contribution in [0.1, 0.15) is 89.6 Å². The third-order valence-electron chi connectivity index (χ3n) is 8.15. The number of rotatable bonds is 10. The van der Waals surface area contributed by atoms with Gasteiger partial charge in [-0.1, -0.05) is 6.92 Å². The normalized spacial score (nSPS) is 19.0. The molecule has 0 bridgehead atoms. The van der Waals surface area contributed by atoms with Crippen LogP contribution in [0.4, 0.5) is 15.3 Å². The number of hydrogen-bond acceptors (Lipinski definition) is 9. The molecule has 1 N–H and O–H groups in total. The van der Waals surface area contributed by atoms with Gasteiger partial charge in [-0.2, -0.15) is 0 Å². The highest BCUT2D eigenvalue weighted by atomic mass is 16.8. The van der Waals surface area contributed by atoms with Crippen LogP contribution in [0.2, 0.25) is 0 Å². The summed E-state index contributed by atoms with van der Waals surface area (Å²) >= 11 is 0. The number of anilines is 1. The van der Waals surface area contributed by atoms with Crippen LogP contribution in [-0.4, -0.2) is 96.0 Å². The Morgan fingerprint density at radius 2 is 1.80 bits per heavy atom. The molecule has 1 aromatic carbocycles. The Balaban J connectivity index is 1.52. The maximum Gasteiger partial charge on any atom is 0.511 e. The Hall–Kier alpha value is -4.03. The molecule has 0 aromatic heterocycles. The van der Waals surface area contributed by atoms with E-state index in [0.29, 0.717) is 61.2 Å². The lowest BCUT2D eigenvalue weighted by Crippen LogP contribution is -2.54. The van der Waals surface area contributed by atoms with Crippen molar-refractivity contribution in [2.24, 2.45) is 0 Å². The summed E-state index contributed by atoms with van der Waals surface area (Å²) in [6, 6.07) is 3.02. The number of likely N-dealkylation sites (tertiary alicyclic amines) is 1. The second kappa shape index (κ2) is 13.9. The zero-order valence-corrected chi connectivity index (χ0v) is 27.3. The number of fused-ring (bicyclic) bond motifs is 1. The van der Waals surface area contributed by atoms with Crippen molar-refractivity contribution in [1.82, 2.24) is 15.1 Å². The molecule has 2 fully saturated rings. The Bertz CT molecular complexity index is 1310. The minimum absolute atomic E-state index is 0.106. The van der Waals surface area contributed by atoms with Crippen LogP contribution in [0.5, 0.6) is 5.75 Å². The maximum absolute atomic E-state index is 14.2. The monoisotopic (exact) mass is 630 g/mol. The summed E-state index contributed by atoms with van der Waals surface area (Å²) in [5, 5.41) is 2.82. The number of carbonyl (C=O) groups is 5. The number of hydrogen-bond donors (Lipinski definition) is 1. The van der Waals surface area contributed by atoms with Gasteiger partial charge in [0.15, 0.2) is 5.60 Å². The van der Waals surface area contributed by atoms with Gasteiger partial charge in [0.25, 0.3) is 11.8 Å². The van der Waals surface area contributed by atoms with E-state index >= 15 is 0 Å². The second-order valence-corrected chi connectivity index (χ2v) is 12.4. The summed E-state index contributed by atoms with van der Waals surface area (Å²) < 4.78 is 21.5. The fourth-order valence-electron chi connectivity index (χ4n) is 5.79. The molecule has 1 unspecified atom stereocenters. The molecule has 248 valence electrons. The van der Waals surface area contributed by atoms with E-state index < -0.39 is 24.1 Å². The van der Waals surface area contributed by atoms with Crippen molar-refractivity contribution in [3.8, 4) is 5.75 Å². The van der Waals surface area contributed by atoms with Crippen LogP contribution >= 0.6 is 0 Å². The van der Waals surface area contributed by atoms with E-state index in [1.165, 1.54) is 11.8 Å². The van der Waals surface area contributed by atoms with E-state index in [2.05, 4.69) is 5.32 Å². The number of nitrogens with zero attached hydrogens (tertiary/aromatic N) is 3. The molecule has 1 saturated carbocycles. The molecule has 1 aromatic rings. The molecule has 4 rings (SSSR count). The lowest BCUT2D eigenvalue weighted by Gasteiger charge is -2.41. The fourth-order valence-corrected chi connectivity index (χ4v) is 5.79. The van der Waals surface area contributed by atoms with Gasteiger partial charge in [0.2, 0.25) is 12.2 Å². The van der Waals surface area contributed by atoms with Gasteiger partial charge in [-0.3, -0.25) is 14.4 Å². The highest BCUT2D eigenvalue weighted by Crippen LogP contribution is 2.50. The number of ether oxygens (including phenoxy) is 4. The van der Waals surface area contributed by atoms with Crippen molar-refractivity contribution in [3.63, 3.8) is 0 Å². The first-order valence-electron chi connectivity index (χ1n) is 15.8. The first kappa shape index (κ1) is 33.9. The standard InChI is InChI=1S/C32H46N4O9/c1-8-27(37)33-13-15-35-25-17-24(21(6)16-26(25)45-32(11-12-32)29(35)39)28(38)36(19(2)3)23-10-9-14-34(18-23)30(40)43-22(7)44-31(41)42-20(4)5/h16-17,19-20,22-23H,8-15,18H2,1-7H3,(H,33,37)/t22?,23-/m1/s1. The topological polar surface area (TPSA) is 144 Å². The van der Waals surface area contributed by atoms with E-state index in [-0.39, 0.29) is 55.5 Å². The van der Waals surface area contributed by atoms with Crippen molar-refractivity contribution in [2.75, 3.05) is 31.1 Å². The summed E-state index contributed by atoms with van der Waals surface area (Å²) in [7, 11) is 0. The van der Waals surface area contributed by atoms with Gasteiger partial charge in [0.1, 0.15) is 5.75 Å². The van der Waals surface area contributed by atoms with Crippen molar-refractivity contribution in [1.29, 1.82) is 0 Å². The summed E-state index contributed by atoms with van der Waals surface area (Å²) in [6.07, 6.45) is -0.192. The van der Waals surface area contributed by atoms with Crippen LogP contribution in [0.3, 0.4) is 0 Å². The largest absolute Gasteiger partial charge is 0.511 e. The average molecular weight is 631 g/mol. The first-order valence-corrected chi connectivity index (χ1v) is 15.8. The lowest BCUT2D eigenvalue weighted by molar-refractivity contribution is -0.128. The molecule has 4 amide bonds. The average Bonchev–Trinajstić information content (AvgIpc) is 3.74. The molecule has 13 heteroatoms. The molecule has 1 aliphatic carbocycles. The van der Waals surface area contributed by atoms with Gasteiger partial charge >= 0.3 is 12.2 Å². The van der Waals surface area contributed by atoms with Crippen LogP contribution in [0, 0.1) is 6.92 Å². The van der Waals surface area contributed by atoms with Gasteiger partial charge in [0.05, 0.1) is 17.8 Å². The predicted molar refractivity (Wildman–Crippen MR) is 164 cm³/mol. The second-order valence-electron chi connectivity index (χ2n) is 12.4. The zero-order chi connectivity index (χ0) is 33.1. The van der Waals surface area contributed by atoms with E-state index in [1.807, 2.05) is 20.8 Å². The third-order valence-corrected chi connectivity index (χ3v) is 8.15. The van der Waals surface area contributed by atoms with Crippen LogP contribution in [-0.2, 0) is 23.8 Å². The smallest absolute Gasteiger partial charge is 0.475 e. The van der Waals surface area contributed by atoms with Crippen LogP contribution < -0.4 is 15.0 Å². The highest BCUT2D eigenvalue weighted by Gasteiger charge is 2.58. The SMILES string of the molecule is CCC(=O)NCCN1C(=O)C2(CC2)Oc2cc(C)c(C(=O)N(C(C)C)[C@@H]3CCCN(C(=O)OC(C)OC(=O)OC(C)C)C3)cc21. The number of carbonyl (C=O) groups excluding carboxylic acids is 5. The Morgan fingerprint density at radius 1 is 1.09 bits per heavy atom. The molecule has 1 saturated heterocycles. The Morgan fingerprint density at radius 3 is 2.42 bits per heavy atom. The predicted octanol–water partition coefficient (Wildman–Crippen LogP) is 4.14. The lowest BCUT2D eigenvalue weighted by atomic mass is 9.98. The van der Waals surface area contributed by atoms with Gasteiger partial charge in [-0.25, -0.2) is 9.59 Å². The highest BCUT2D eigenvalue weighted by molar-refractivity contribution is 6.06. The quantitative estimate of drug-likeness (QED) is 0.298. The van der Waals surface area contributed by atoms with Gasteiger partial charge < -0.3 is 39.0 Å². The molecule has 0 radical (unpaired) electrons. The van der Waals surface area contributed by atoms with E-state index in [9.17, 15) is 24.0 Å². The number of aryl methyl sites for hydroxylation is 1. The minimum atomic E-state index is -1.15. The number of benzene rings is 1. The van der Waals surface area contributed by atoms with E-state index in [1.54, 1.807) is 42.7 Å². The molecule has 2 aliphatic heterocycles. The zero-order valence-electron chi connectivity index (χ0n) is 27.3. The summed E-state index contributed by atoms with van der Waals surface area (Å²) in [5.41, 5.74) is 0.764. The number of piperidine rings is 1. The molecule has 45 heavy (non-hydrogen) atoms. The Kier molecular flexibility index (Phi) is 10.5. The van der Waals surface area contributed by atoms with Gasteiger partial charge in [0, 0.05) is 64.0 Å². The molecule has 1 spiro atoms. The molecular weight excluding hydrogens is 584 g/mol. The van der Waals surface area contributed by atoms with Gasteiger partial charge in [-0.05, 0) is 65.2 Å². The van der Waals surface area contributed by atoms with Crippen molar-refractivity contribution in [3.05, 3.63) is 23.3 Å². The minimum Gasteiger partial charge on any atom is -0.475 e. The molecule has 2 atom stereocenters. The molecular formula is C32H46N4O9.